The summed E-state index contributed by atoms with van der Waals surface area (Å²) in [6.45, 7) is 4.49. The molecule has 0 unspecified atom stereocenters. The Morgan fingerprint density at radius 2 is 2.29 bits per heavy atom. The number of unbranched alkanes of at least 4 members (excludes halogenated alkanes) is 1. The molecular formula is C12H18N4O. The van der Waals surface area contributed by atoms with Gasteiger partial charge in [0.05, 0.1) is 12.8 Å². The summed E-state index contributed by atoms with van der Waals surface area (Å²) in [6, 6.07) is 3.79. The first-order valence-electron chi connectivity index (χ1n) is 6.02. The van der Waals surface area contributed by atoms with E-state index in [9.17, 15) is 0 Å². The van der Waals surface area contributed by atoms with Crippen LogP contribution in [0.15, 0.2) is 24.5 Å². The van der Waals surface area contributed by atoms with Crippen molar-refractivity contribution in [1.29, 1.82) is 0 Å². The standard InChI is InChI=1S/C12H18N4O/c1-2-3-9-17-10-7-13-11-5-8-16-12(15-11)4-6-14-16/h4-6,8H,2-3,7,9-10H2,1H3,(H,13,15). The van der Waals surface area contributed by atoms with Crippen LogP contribution in [0.1, 0.15) is 19.8 Å². The van der Waals surface area contributed by atoms with Gasteiger partial charge in [0.1, 0.15) is 5.82 Å². The van der Waals surface area contributed by atoms with Crippen molar-refractivity contribution in [2.75, 3.05) is 25.1 Å². The summed E-state index contributed by atoms with van der Waals surface area (Å²) >= 11 is 0. The second-order valence-corrected chi connectivity index (χ2v) is 3.84. The topological polar surface area (TPSA) is 51.5 Å². The second-order valence-electron chi connectivity index (χ2n) is 3.84. The van der Waals surface area contributed by atoms with Gasteiger partial charge in [-0.3, -0.25) is 0 Å². The molecule has 2 aromatic heterocycles. The molecule has 0 saturated heterocycles. The summed E-state index contributed by atoms with van der Waals surface area (Å²) in [5, 5.41) is 7.32. The summed E-state index contributed by atoms with van der Waals surface area (Å²) < 4.78 is 7.20. The van der Waals surface area contributed by atoms with Gasteiger partial charge in [0.15, 0.2) is 5.65 Å². The van der Waals surface area contributed by atoms with Crippen molar-refractivity contribution in [3.8, 4) is 0 Å². The lowest BCUT2D eigenvalue weighted by Crippen LogP contribution is -2.11. The number of fused-ring (bicyclic) bond motifs is 1. The van der Waals surface area contributed by atoms with Crippen LogP contribution in [0.5, 0.6) is 0 Å². The molecule has 92 valence electrons. The van der Waals surface area contributed by atoms with E-state index in [1.54, 1.807) is 10.7 Å². The fourth-order valence-electron chi connectivity index (χ4n) is 1.51. The molecular weight excluding hydrogens is 216 g/mol. The lowest BCUT2D eigenvalue weighted by atomic mass is 10.4. The summed E-state index contributed by atoms with van der Waals surface area (Å²) in [7, 11) is 0. The van der Waals surface area contributed by atoms with Gasteiger partial charge in [-0.1, -0.05) is 13.3 Å². The normalized spacial score (nSPS) is 10.9. The molecule has 0 spiro atoms. The Hall–Kier alpha value is -1.62. The van der Waals surface area contributed by atoms with E-state index in [-0.39, 0.29) is 0 Å². The monoisotopic (exact) mass is 234 g/mol. The van der Waals surface area contributed by atoms with Crippen LogP contribution in [0.25, 0.3) is 5.65 Å². The van der Waals surface area contributed by atoms with E-state index in [0.717, 1.165) is 31.0 Å². The molecule has 0 aromatic carbocycles. The highest BCUT2D eigenvalue weighted by Gasteiger charge is 1.97. The predicted octanol–water partition coefficient (Wildman–Crippen LogP) is 1.96. The SMILES string of the molecule is CCCCOCCNc1ccn2nccc2n1. The second kappa shape index (κ2) is 6.20. The zero-order valence-corrected chi connectivity index (χ0v) is 10.1. The molecule has 2 aromatic rings. The summed E-state index contributed by atoms with van der Waals surface area (Å²) in [4.78, 5) is 4.40. The minimum atomic E-state index is 0.714. The zero-order chi connectivity index (χ0) is 11.9. The number of hydrogen-bond donors (Lipinski definition) is 1. The third-order valence-electron chi connectivity index (χ3n) is 2.45. The highest BCUT2D eigenvalue weighted by atomic mass is 16.5. The van der Waals surface area contributed by atoms with Crippen LogP contribution in [0, 0.1) is 0 Å². The van der Waals surface area contributed by atoms with Crippen molar-refractivity contribution in [1.82, 2.24) is 14.6 Å². The molecule has 0 fully saturated rings. The summed E-state index contributed by atoms with van der Waals surface area (Å²) in [5.41, 5.74) is 0.849. The van der Waals surface area contributed by atoms with Gasteiger partial charge >= 0.3 is 0 Å². The maximum atomic E-state index is 5.46. The molecule has 0 amide bonds. The zero-order valence-electron chi connectivity index (χ0n) is 10.1. The van der Waals surface area contributed by atoms with Crippen molar-refractivity contribution < 1.29 is 4.74 Å². The van der Waals surface area contributed by atoms with Crippen molar-refractivity contribution in [2.45, 2.75) is 19.8 Å². The van der Waals surface area contributed by atoms with E-state index >= 15 is 0 Å². The van der Waals surface area contributed by atoms with Crippen molar-refractivity contribution in [3.05, 3.63) is 24.5 Å². The van der Waals surface area contributed by atoms with Gasteiger partial charge in [0.25, 0.3) is 0 Å². The largest absolute Gasteiger partial charge is 0.380 e. The van der Waals surface area contributed by atoms with Crippen molar-refractivity contribution >= 4 is 11.5 Å². The van der Waals surface area contributed by atoms with Crippen LogP contribution < -0.4 is 5.32 Å². The first kappa shape index (κ1) is 11.9. The third kappa shape index (κ3) is 3.42. The Morgan fingerprint density at radius 3 is 3.18 bits per heavy atom. The molecule has 5 heteroatoms. The summed E-state index contributed by atoms with van der Waals surface area (Å²) in [6.07, 6.45) is 5.93. The fraction of sp³-hybridized carbons (Fsp3) is 0.500. The molecule has 2 heterocycles. The molecule has 5 nitrogen and oxygen atoms in total. The van der Waals surface area contributed by atoms with E-state index in [2.05, 4.69) is 22.3 Å². The average Bonchev–Trinajstić information content (AvgIpc) is 2.81. The van der Waals surface area contributed by atoms with Crippen LogP contribution in [-0.2, 0) is 4.74 Å². The molecule has 0 saturated carbocycles. The van der Waals surface area contributed by atoms with Crippen LogP contribution in [0.3, 0.4) is 0 Å². The maximum Gasteiger partial charge on any atom is 0.157 e. The maximum absolute atomic E-state index is 5.46. The van der Waals surface area contributed by atoms with Gasteiger partial charge in [0, 0.05) is 25.4 Å². The van der Waals surface area contributed by atoms with Crippen LogP contribution in [-0.4, -0.2) is 34.4 Å². The molecule has 0 radical (unpaired) electrons. The van der Waals surface area contributed by atoms with Crippen LogP contribution in [0.2, 0.25) is 0 Å². The van der Waals surface area contributed by atoms with Gasteiger partial charge in [-0.05, 0) is 12.5 Å². The highest BCUT2D eigenvalue weighted by Crippen LogP contribution is 2.05. The number of rotatable bonds is 7. The van der Waals surface area contributed by atoms with Crippen molar-refractivity contribution in [2.24, 2.45) is 0 Å². The Bertz CT molecular complexity index is 454. The van der Waals surface area contributed by atoms with Gasteiger partial charge in [0.2, 0.25) is 0 Å². The molecule has 0 aliphatic carbocycles. The van der Waals surface area contributed by atoms with Crippen LogP contribution >= 0.6 is 0 Å². The number of ether oxygens (including phenoxy) is 1. The summed E-state index contributed by atoms with van der Waals surface area (Å²) in [5.74, 6) is 0.858. The van der Waals surface area contributed by atoms with E-state index in [1.165, 1.54) is 6.42 Å². The number of hydrogen-bond acceptors (Lipinski definition) is 4. The molecule has 17 heavy (non-hydrogen) atoms. The average molecular weight is 234 g/mol. The highest BCUT2D eigenvalue weighted by molar-refractivity contribution is 5.45. The van der Waals surface area contributed by atoms with Crippen molar-refractivity contribution in [3.63, 3.8) is 0 Å². The first-order valence-corrected chi connectivity index (χ1v) is 6.02. The number of aromatic nitrogens is 3. The van der Waals surface area contributed by atoms with E-state index < -0.39 is 0 Å². The minimum Gasteiger partial charge on any atom is -0.380 e. The lowest BCUT2D eigenvalue weighted by Gasteiger charge is -2.06. The molecule has 0 bridgehead atoms. The molecule has 0 aliphatic heterocycles. The molecule has 1 N–H and O–H groups in total. The van der Waals surface area contributed by atoms with E-state index in [1.807, 2.05) is 18.3 Å². The van der Waals surface area contributed by atoms with E-state index in [0.29, 0.717) is 6.61 Å². The molecule has 0 aliphatic rings. The van der Waals surface area contributed by atoms with Crippen LogP contribution in [0.4, 0.5) is 5.82 Å². The van der Waals surface area contributed by atoms with Gasteiger partial charge < -0.3 is 10.1 Å². The number of anilines is 1. The van der Waals surface area contributed by atoms with Gasteiger partial charge in [-0.25, -0.2) is 9.50 Å². The van der Waals surface area contributed by atoms with Gasteiger partial charge in [-0.2, -0.15) is 5.10 Å². The Kier molecular flexibility index (Phi) is 4.32. The lowest BCUT2D eigenvalue weighted by molar-refractivity contribution is 0.141. The first-order chi connectivity index (χ1) is 8.40. The Balaban J connectivity index is 1.75. The smallest absolute Gasteiger partial charge is 0.157 e. The Morgan fingerprint density at radius 1 is 1.35 bits per heavy atom. The number of nitrogens with zero attached hydrogens (tertiary/aromatic N) is 3. The molecule has 0 atom stereocenters. The minimum absolute atomic E-state index is 0.714. The van der Waals surface area contributed by atoms with Gasteiger partial charge in [-0.15, -0.1) is 0 Å². The number of nitrogens with one attached hydrogen (secondary N) is 1. The Labute approximate surface area is 101 Å². The third-order valence-corrected chi connectivity index (χ3v) is 2.45. The quantitative estimate of drug-likeness (QED) is 0.744. The fourth-order valence-corrected chi connectivity index (χ4v) is 1.51. The molecule has 2 rings (SSSR count). The predicted molar refractivity (Wildman–Crippen MR) is 67.2 cm³/mol. The van der Waals surface area contributed by atoms with E-state index in [4.69, 9.17) is 4.74 Å².